The molecule has 0 amide bonds. The van der Waals surface area contributed by atoms with Gasteiger partial charge in [0.25, 0.3) is 5.69 Å². The Kier molecular flexibility index (Phi) is 4.75. The summed E-state index contributed by atoms with van der Waals surface area (Å²) >= 11 is 0. The lowest BCUT2D eigenvalue weighted by Gasteiger charge is -2.10. The highest BCUT2D eigenvalue weighted by Crippen LogP contribution is 2.26. The number of ether oxygens (including phenoxy) is 1. The van der Waals surface area contributed by atoms with Crippen molar-refractivity contribution in [3.05, 3.63) is 28.3 Å². The Morgan fingerprint density at radius 1 is 1.41 bits per heavy atom. The van der Waals surface area contributed by atoms with Crippen LogP contribution in [0, 0.1) is 16.0 Å². The van der Waals surface area contributed by atoms with Crippen LogP contribution in [-0.2, 0) is 0 Å². The van der Waals surface area contributed by atoms with Crippen LogP contribution in [0.25, 0.3) is 0 Å². The molecule has 0 aromatic heterocycles. The third kappa shape index (κ3) is 4.30. The highest BCUT2D eigenvalue weighted by Gasteiger charge is 2.10. The topological polar surface area (TPSA) is 64.4 Å². The molecule has 0 saturated carbocycles. The van der Waals surface area contributed by atoms with Crippen molar-refractivity contribution in [2.45, 2.75) is 20.8 Å². The zero-order valence-electron chi connectivity index (χ0n) is 10.4. The molecular formula is C12H18N2O3. The number of benzene rings is 1. The van der Waals surface area contributed by atoms with Crippen molar-refractivity contribution in [3.63, 3.8) is 0 Å². The summed E-state index contributed by atoms with van der Waals surface area (Å²) in [6.45, 7) is 7.26. The maximum absolute atomic E-state index is 10.8. The number of hydrogen-bond donors (Lipinski definition) is 1. The molecule has 0 unspecified atom stereocenters. The highest BCUT2D eigenvalue weighted by atomic mass is 16.6. The van der Waals surface area contributed by atoms with E-state index in [2.05, 4.69) is 5.32 Å². The van der Waals surface area contributed by atoms with Crippen LogP contribution in [0.3, 0.4) is 0 Å². The van der Waals surface area contributed by atoms with Crippen molar-refractivity contribution >= 4 is 11.4 Å². The Hall–Kier alpha value is -1.78. The molecule has 0 radical (unpaired) electrons. The van der Waals surface area contributed by atoms with Crippen molar-refractivity contribution in [2.24, 2.45) is 5.92 Å². The monoisotopic (exact) mass is 238 g/mol. The van der Waals surface area contributed by atoms with Gasteiger partial charge in [0.2, 0.25) is 0 Å². The molecular weight excluding hydrogens is 220 g/mol. The minimum Gasteiger partial charge on any atom is -0.493 e. The van der Waals surface area contributed by atoms with Crippen LogP contribution in [0.15, 0.2) is 18.2 Å². The van der Waals surface area contributed by atoms with Crippen molar-refractivity contribution in [1.29, 1.82) is 0 Å². The second kappa shape index (κ2) is 6.08. The van der Waals surface area contributed by atoms with Gasteiger partial charge in [-0.3, -0.25) is 10.1 Å². The summed E-state index contributed by atoms with van der Waals surface area (Å²) in [5, 5.41) is 13.8. The Balaban J connectivity index is 2.91. The molecule has 0 aliphatic carbocycles. The largest absolute Gasteiger partial charge is 0.493 e. The van der Waals surface area contributed by atoms with Gasteiger partial charge in [0.1, 0.15) is 5.75 Å². The van der Waals surface area contributed by atoms with Crippen LogP contribution in [0.1, 0.15) is 20.8 Å². The number of rotatable bonds is 6. The summed E-state index contributed by atoms with van der Waals surface area (Å²) in [7, 11) is 0. The van der Waals surface area contributed by atoms with E-state index in [1.165, 1.54) is 12.1 Å². The summed E-state index contributed by atoms with van der Waals surface area (Å²) in [5.74, 6) is 0.917. The van der Waals surface area contributed by atoms with E-state index < -0.39 is 4.92 Å². The quantitative estimate of drug-likeness (QED) is 0.611. The van der Waals surface area contributed by atoms with Crippen LogP contribution < -0.4 is 10.1 Å². The van der Waals surface area contributed by atoms with E-state index in [1.807, 2.05) is 20.8 Å². The van der Waals surface area contributed by atoms with Gasteiger partial charge >= 0.3 is 0 Å². The smallest absolute Gasteiger partial charge is 0.275 e. The molecule has 5 heteroatoms. The van der Waals surface area contributed by atoms with Gasteiger partial charge in [-0.15, -0.1) is 0 Å². The van der Waals surface area contributed by atoms with Gasteiger partial charge in [-0.1, -0.05) is 13.8 Å². The predicted molar refractivity (Wildman–Crippen MR) is 67.6 cm³/mol. The van der Waals surface area contributed by atoms with Gasteiger partial charge in [0.15, 0.2) is 0 Å². The van der Waals surface area contributed by atoms with Gasteiger partial charge in [-0.25, -0.2) is 0 Å². The Morgan fingerprint density at radius 2 is 2.12 bits per heavy atom. The molecule has 0 fully saturated rings. The third-order valence-corrected chi connectivity index (χ3v) is 2.07. The van der Waals surface area contributed by atoms with Gasteiger partial charge in [0.05, 0.1) is 17.6 Å². The Morgan fingerprint density at radius 3 is 2.65 bits per heavy atom. The molecule has 5 nitrogen and oxygen atoms in total. The number of nitrogens with zero attached hydrogens (tertiary/aromatic N) is 1. The normalized spacial score (nSPS) is 10.4. The zero-order valence-corrected chi connectivity index (χ0v) is 10.4. The fourth-order valence-electron chi connectivity index (χ4n) is 1.34. The first-order valence-corrected chi connectivity index (χ1v) is 5.69. The first-order valence-electron chi connectivity index (χ1n) is 5.69. The van der Waals surface area contributed by atoms with E-state index in [4.69, 9.17) is 4.74 Å². The maximum atomic E-state index is 10.8. The van der Waals surface area contributed by atoms with Crippen LogP contribution in [0.5, 0.6) is 5.75 Å². The summed E-state index contributed by atoms with van der Waals surface area (Å²) in [6.07, 6.45) is 0. The number of anilines is 1. The van der Waals surface area contributed by atoms with E-state index in [-0.39, 0.29) is 5.69 Å². The molecule has 0 aliphatic rings. The first-order chi connectivity index (χ1) is 8.02. The fourth-order valence-corrected chi connectivity index (χ4v) is 1.34. The SMILES string of the molecule is CCNc1cc(OCC(C)C)cc([N+](=O)[O-])c1. The molecule has 1 rings (SSSR count). The van der Waals surface area contributed by atoms with Gasteiger partial charge in [-0.05, 0) is 12.8 Å². The van der Waals surface area contributed by atoms with E-state index in [9.17, 15) is 10.1 Å². The molecule has 0 heterocycles. The van der Waals surface area contributed by atoms with Crippen molar-refractivity contribution in [1.82, 2.24) is 0 Å². The van der Waals surface area contributed by atoms with Crippen molar-refractivity contribution in [2.75, 3.05) is 18.5 Å². The van der Waals surface area contributed by atoms with Crippen LogP contribution in [-0.4, -0.2) is 18.1 Å². The first kappa shape index (κ1) is 13.3. The second-order valence-electron chi connectivity index (χ2n) is 4.21. The van der Waals surface area contributed by atoms with Crippen LogP contribution in [0.2, 0.25) is 0 Å². The average Bonchev–Trinajstić information content (AvgIpc) is 2.26. The minimum absolute atomic E-state index is 0.0437. The molecule has 0 aliphatic heterocycles. The number of nitrogens with one attached hydrogen (secondary N) is 1. The average molecular weight is 238 g/mol. The van der Waals surface area contributed by atoms with Gasteiger partial charge in [0, 0.05) is 24.4 Å². The predicted octanol–water partition coefficient (Wildman–Crippen LogP) is 3.06. The molecule has 0 bridgehead atoms. The van der Waals surface area contributed by atoms with E-state index in [1.54, 1.807) is 6.07 Å². The van der Waals surface area contributed by atoms with Crippen LogP contribution >= 0.6 is 0 Å². The summed E-state index contributed by atoms with van der Waals surface area (Å²) in [5.41, 5.74) is 0.752. The second-order valence-corrected chi connectivity index (χ2v) is 4.21. The third-order valence-electron chi connectivity index (χ3n) is 2.07. The summed E-state index contributed by atoms with van der Waals surface area (Å²) in [4.78, 5) is 10.4. The van der Waals surface area contributed by atoms with E-state index >= 15 is 0 Å². The molecule has 17 heavy (non-hydrogen) atoms. The van der Waals surface area contributed by atoms with Gasteiger partial charge in [-0.2, -0.15) is 0 Å². The lowest BCUT2D eigenvalue weighted by atomic mass is 10.2. The van der Waals surface area contributed by atoms with E-state index in [0.29, 0.717) is 30.5 Å². The summed E-state index contributed by atoms with van der Waals surface area (Å²) < 4.78 is 5.50. The number of non-ortho nitro benzene ring substituents is 1. The highest BCUT2D eigenvalue weighted by molar-refractivity contribution is 5.56. The minimum atomic E-state index is -0.414. The Labute approximate surface area is 101 Å². The van der Waals surface area contributed by atoms with E-state index in [0.717, 1.165) is 0 Å². The lowest BCUT2D eigenvalue weighted by Crippen LogP contribution is -2.05. The standard InChI is InChI=1S/C12H18N2O3/c1-4-13-10-5-11(14(15)16)7-12(6-10)17-8-9(2)3/h5-7,9,13H,4,8H2,1-3H3. The maximum Gasteiger partial charge on any atom is 0.275 e. The lowest BCUT2D eigenvalue weighted by molar-refractivity contribution is -0.384. The van der Waals surface area contributed by atoms with Gasteiger partial charge < -0.3 is 10.1 Å². The molecule has 1 N–H and O–H groups in total. The van der Waals surface area contributed by atoms with Crippen molar-refractivity contribution < 1.29 is 9.66 Å². The number of hydrogen-bond acceptors (Lipinski definition) is 4. The molecule has 1 aromatic carbocycles. The fraction of sp³-hybridized carbons (Fsp3) is 0.500. The Bertz CT molecular complexity index is 391. The molecule has 94 valence electrons. The summed E-state index contributed by atoms with van der Waals surface area (Å²) in [6, 6.07) is 4.73. The molecule has 1 aromatic rings. The number of nitro groups is 1. The molecule has 0 spiro atoms. The van der Waals surface area contributed by atoms with Crippen LogP contribution in [0.4, 0.5) is 11.4 Å². The van der Waals surface area contributed by atoms with Crippen molar-refractivity contribution in [3.8, 4) is 5.75 Å². The zero-order chi connectivity index (χ0) is 12.8. The molecule has 0 saturated heterocycles. The number of nitro benzene ring substituents is 1. The molecule has 0 atom stereocenters.